The SMILES string of the molecule is CNCCN(C)CCCC(=O)O.CNCCN(C)CCCC(O)(P(=O)(O)O)P(=O)(O)O.ClP(Cl)Cl.O. The van der Waals surface area contributed by atoms with Crippen molar-refractivity contribution >= 4 is 60.9 Å². The second kappa shape index (κ2) is 23.7. The van der Waals surface area contributed by atoms with E-state index in [9.17, 15) is 19.0 Å². The van der Waals surface area contributed by atoms with E-state index >= 15 is 0 Å². The van der Waals surface area contributed by atoms with E-state index in [1.807, 2.05) is 19.0 Å². The lowest BCUT2D eigenvalue weighted by Crippen LogP contribution is -2.32. The molecule has 14 nitrogen and oxygen atoms in total. The van der Waals surface area contributed by atoms with Gasteiger partial charge in [-0.1, -0.05) is 33.7 Å². The number of halogens is 3. The van der Waals surface area contributed by atoms with Crippen LogP contribution in [0.25, 0.3) is 0 Å². The summed E-state index contributed by atoms with van der Waals surface area (Å²) in [4.78, 5) is 49.8. The van der Waals surface area contributed by atoms with Gasteiger partial charge >= 0.3 is 21.2 Å². The van der Waals surface area contributed by atoms with Gasteiger partial charge in [0, 0.05) is 39.0 Å². The summed E-state index contributed by atoms with van der Waals surface area (Å²) in [5.74, 6) is -1.91. The number of nitrogens with zero attached hydrogens (tertiary/aromatic N) is 2. The Morgan fingerprint density at radius 3 is 1.47 bits per heavy atom. The Labute approximate surface area is 228 Å². The number of carboxylic acids is 1. The van der Waals surface area contributed by atoms with Crippen LogP contribution in [0.5, 0.6) is 0 Å². The van der Waals surface area contributed by atoms with Crippen LogP contribution in [0.2, 0.25) is 0 Å². The minimum atomic E-state index is -5.33. The van der Waals surface area contributed by atoms with E-state index < -0.39 is 38.6 Å². The van der Waals surface area contributed by atoms with E-state index in [0.29, 0.717) is 19.6 Å². The molecule has 0 atom stereocenters. The van der Waals surface area contributed by atoms with E-state index in [1.165, 1.54) is 0 Å². The van der Waals surface area contributed by atoms with Gasteiger partial charge in [0.05, 0.1) is 0 Å². The minimum absolute atomic E-state index is 0. The Balaban J connectivity index is -0.000000258. The molecule has 0 aromatic heterocycles. The summed E-state index contributed by atoms with van der Waals surface area (Å²) in [7, 11) is -3.22. The predicted octanol–water partition coefficient (Wildman–Crippen LogP) is 1.03. The molecule has 222 valence electrons. The zero-order valence-electron chi connectivity index (χ0n) is 20.8. The molecule has 0 unspecified atom stereocenters. The van der Waals surface area contributed by atoms with Crippen molar-refractivity contribution in [1.29, 1.82) is 0 Å². The third-order valence-electron chi connectivity index (χ3n) is 4.40. The smallest absolute Gasteiger partial charge is 0.369 e. The van der Waals surface area contributed by atoms with E-state index in [2.05, 4.69) is 15.5 Å². The fourth-order valence-electron chi connectivity index (χ4n) is 2.38. The Kier molecular flexibility index (Phi) is 28.9. The van der Waals surface area contributed by atoms with E-state index in [-0.39, 0.29) is 18.3 Å². The molecule has 10 N–H and O–H groups in total. The number of aliphatic carboxylic acids is 1. The van der Waals surface area contributed by atoms with Crippen LogP contribution in [0.4, 0.5) is 0 Å². The van der Waals surface area contributed by atoms with Gasteiger partial charge in [0.15, 0.2) is 5.98 Å². The van der Waals surface area contributed by atoms with Gasteiger partial charge in [-0.15, -0.1) is 0 Å². The highest BCUT2D eigenvalue weighted by Crippen LogP contribution is 2.69. The first-order chi connectivity index (χ1) is 15.9. The molecule has 0 spiro atoms. The molecule has 0 aliphatic heterocycles. The molecule has 0 bridgehead atoms. The molecule has 0 rings (SSSR count). The summed E-state index contributed by atoms with van der Waals surface area (Å²) < 4.78 is 22.2. The zero-order valence-corrected chi connectivity index (χ0v) is 25.8. The largest absolute Gasteiger partial charge is 0.481 e. The van der Waals surface area contributed by atoms with E-state index in [4.69, 9.17) is 58.4 Å². The zero-order chi connectivity index (χ0) is 28.3. The minimum Gasteiger partial charge on any atom is -0.481 e. The van der Waals surface area contributed by atoms with Crippen molar-refractivity contribution in [2.45, 2.75) is 30.8 Å². The van der Waals surface area contributed by atoms with Crippen molar-refractivity contribution < 1.29 is 49.2 Å². The first kappa shape index (κ1) is 43.9. The molecule has 0 aromatic carbocycles. The van der Waals surface area contributed by atoms with Crippen LogP contribution < -0.4 is 10.6 Å². The second-order valence-electron chi connectivity index (χ2n) is 7.47. The summed E-state index contributed by atoms with van der Waals surface area (Å²) >= 11 is 14.6. The number of carboxylic acid groups (broad SMARTS) is 1. The highest BCUT2D eigenvalue weighted by atomic mass is 36.0. The molecule has 0 radical (unpaired) electrons. The van der Waals surface area contributed by atoms with E-state index in [0.717, 1.165) is 26.1 Å². The number of hydrogen-bond acceptors (Lipinski definition) is 8. The molecule has 0 aromatic rings. The summed E-state index contributed by atoms with van der Waals surface area (Å²) in [5.41, 5.74) is 0. The maximum absolute atomic E-state index is 11.1. The topological polar surface area (TPSA) is 235 Å². The average Bonchev–Trinajstić information content (AvgIpc) is 2.68. The van der Waals surface area contributed by atoms with Crippen LogP contribution in [0, 0.1) is 0 Å². The molecule has 0 aliphatic carbocycles. The first-order valence-electron chi connectivity index (χ1n) is 10.3. The summed E-state index contributed by atoms with van der Waals surface area (Å²) in [6.07, 6.45) is 0.373. The van der Waals surface area contributed by atoms with Gasteiger partial charge in [0.2, 0.25) is 0 Å². The molecule has 36 heavy (non-hydrogen) atoms. The van der Waals surface area contributed by atoms with Gasteiger partial charge in [-0.05, 0) is 54.1 Å². The Morgan fingerprint density at radius 1 is 0.861 bits per heavy atom. The highest BCUT2D eigenvalue weighted by Gasteiger charge is 2.58. The van der Waals surface area contributed by atoms with Crippen LogP contribution in [-0.2, 0) is 13.9 Å². The molecule has 0 amide bonds. The molecule has 0 saturated heterocycles. The third-order valence-corrected chi connectivity index (χ3v) is 8.28. The first-order valence-corrected chi connectivity index (χ1v) is 17.6. The van der Waals surface area contributed by atoms with Gasteiger partial charge < -0.3 is 55.7 Å². The van der Waals surface area contributed by atoms with Gasteiger partial charge in [0.1, 0.15) is 0 Å². The van der Waals surface area contributed by atoms with Crippen molar-refractivity contribution in [2.75, 3.05) is 67.5 Å². The number of hydrogen-bond donors (Lipinski definition) is 8. The normalized spacial score (nSPS) is 12.0. The van der Waals surface area contributed by atoms with Crippen molar-refractivity contribution in [3.05, 3.63) is 0 Å². The molecule has 0 aliphatic rings. The van der Waals surface area contributed by atoms with Crippen LogP contribution in [-0.4, -0.2) is 124 Å². The van der Waals surface area contributed by atoms with Crippen molar-refractivity contribution in [2.24, 2.45) is 0 Å². The number of carbonyl (C=O) groups is 1. The summed E-state index contributed by atoms with van der Waals surface area (Å²) in [6, 6.07) is 0. The number of rotatable bonds is 16. The second-order valence-corrected chi connectivity index (χ2v) is 16.5. The Hall–Kier alpha value is 0.830. The molecular formula is C16H42Cl3N4O10P3. The van der Waals surface area contributed by atoms with Gasteiger partial charge in [-0.3, -0.25) is 13.9 Å². The fourth-order valence-corrected chi connectivity index (χ4v) is 4.63. The molecule has 0 saturated carbocycles. The average molecular weight is 650 g/mol. The Bertz CT molecular complexity index is 622. The molecule has 0 fully saturated rings. The maximum Gasteiger partial charge on any atom is 0.369 e. The predicted molar refractivity (Wildman–Crippen MR) is 146 cm³/mol. The maximum atomic E-state index is 11.1. The van der Waals surface area contributed by atoms with Crippen LogP contribution >= 0.6 is 54.9 Å². The lowest BCUT2D eigenvalue weighted by Gasteiger charge is -2.29. The van der Waals surface area contributed by atoms with Crippen molar-refractivity contribution in [3.63, 3.8) is 0 Å². The lowest BCUT2D eigenvalue weighted by molar-refractivity contribution is -0.137. The molecule has 20 heteroatoms. The standard InChI is InChI=1S/C8H22N2O7P2.C8H18N2O2.Cl3P.H2O/c1-9-5-7-10(2)6-3-4-8(11,18(12,13)14)19(15,16)17;1-9-5-7-10(2)6-3-4-8(11)12;1-4(2)3;/h9,11H,3-7H2,1-2H3,(H2,12,13,14)(H2,15,16,17);9H,3-7H2,1-2H3,(H,11,12);;1H2. The van der Waals surface area contributed by atoms with Gasteiger partial charge in [0.25, 0.3) is 5.08 Å². The third kappa shape index (κ3) is 25.1. The quantitative estimate of drug-likeness (QED) is 0.109. The lowest BCUT2D eigenvalue weighted by atomic mass is 10.3. The highest BCUT2D eigenvalue weighted by molar-refractivity contribution is 8.20. The van der Waals surface area contributed by atoms with Gasteiger partial charge in [-0.25, -0.2) is 0 Å². The van der Waals surface area contributed by atoms with Gasteiger partial charge in [-0.2, -0.15) is 0 Å². The van der Waals surface area contributed by atoms with Crippen molar-refractivity contribution in [1.82, 2.24) is 20.4 Å². The molecule has 0 heterocycles. The Morgan fingerprint density at radius 2 is 1.19 bits per heavy atom. The van der Waals surface area contributed by atoms with Crippen LogP contribution in [0.1, 0.15) is 25.7 Å². The summed E-state index contributed by atoms with van der Waals surface area (Å²) in [5, 5.41) is 20.6. The summed E-state index contributed by atoms with van der Waals surface area (Å²) in [6.45, 7) is 4.50. The molecular weight excluding hydrogens is 607 g/mol. The number of aliphatic hydroxyl groups is 1. The van der Waals surface area contributed by atoms with E-state index in [1.54, 1.807) is 14.1 Å². The number of nitrogens with one attached hydrogen (secondary N) is 2. The number of likely N-dealkylation sites (N-methyl/N-ethyl adjacent to an activating group) is 4. The van der Waals surface area contributed by atoms with Crippen LogP contribution in [0.3, 0.4) is 0 Å². The van der Waals surface area contributed by atoms with Crippen LogP contribution in [0.15, 0.2) is 0 Å². The fraction of sp³-hybridized carbons (Fsp3) is 0.938. The monoisotopic (exact) mass is 648 g/mol. The van der Waals surface area contributed by atoms with Crippen molar-refractivity contribution in [3.8, 4) is 0 Å².